The Morgan fingerprint density at radius 2 is 2.14 bits per heavy atom. The van der Waals surface area contributed by atoms with Crippen LogP contribution in [0.25, 0.3) is 11.3 Å². The Balaban J connectivity index is 1.39. The summed E-state index contributed by atoms with van der Waals surface area (Å²) in [6, 6.07) is 11.8. The van der Waals surface area contributed by atoms with Crippen molar-refractivity contribution in [1.82, 2.24) is 24.6 Å². The van der Waals surface area contributed by atoms with Gasteiger partial charge in [0.25, 0.3) is 0 Å². The maximum atomic E-state index is 6.30. The molecule has 0 amide bonds. The molecule has 6 nitrogen and oxygen atoms in total. The van der Waals surface area contributed by atoms with E-state index in [0.717, 1.165) is 48.1 Å². The van der Waals surface area contributed by atoms with Crippen LogP contribution < -0.4 is 0 Å². The molecule has 0 radical (unpaired) electrons. The fourth-order valence-electron chi connectivity index (χ4n) is 3.88. The number of rotatable bonds is 4. The summed E-state index contributed by atoms with van der Waals surface area (Å²) in [6.45, 7) is 2.40. The number of nitrogens with one attached hydrogen (secondary N) is 1. The number of hydrogen-bond acceptors (Lipinski definition) is 4. The Bertz CT molecular complexity index is 1110. The smallest absolute Gasteiger partial charge is 0.135 e. The van der Waals surface area contributed by atoms with Crippen molar-refractivity contribution in [3.05, 3.63) is 82.9 Å². The topological polar surface area (TPSA) is 62.9 Å². The van der Waals surface area contributed by atoms with E-state index in [1.807, 2.05) is 54.3 Å². The van der Waals surface area contributed by atoms with Gasteiger partial charge in [0.05, 0.1) is 35.5 Å². The van der Waals surface area contributed by atoms with Gasteiger partial charge in [-0.15, -0.1) is 0 Å². The predicted octanol–water partition coefficient (Wildman–Crippen LogP) is 4.20. The maximum Gasteiger partial charge on any atom is 0.135 e. The average Bonchev–Trinajstić information content (AvgIpc) is 3.42. The summed E-state index contributed by atoms with van der Waals surface area (Å²) in [6.07, 6.45) is 5.77. The lowest BCUT2D eigenvalue weighted by atomic mass is 9.93. The highest BCUT2D eigenvalue weighted by molar-refractivity contribution is 6.33. The third-order valence-electron chi connectivity index (χ3n) is 5.21. The Morgan fingerprint density at radius 3 is 2.96 bits per heavy atom. The zero-order valence-electron chi connectivity index (χ0n) is 15.5. The van der Waals surface area contributed by atoms with Crippen molar-refractivity contribution in [3.8, 4) is 11.3 Å². The van der Waals surface area contributed by atoms with Crippen molar-refractivity contribution < 1.29 is 4.42 Å². The average molecular weight is 394 g/mol. The minimum atomic E-state index is 0.196. The van der Waals surface area contributed by atoms with Crippen molar-refractivity contribution in [2.24, 2.45) is 7.05 Å². The lowest BCUT2D eigenvalue weighted by molar-refractivity contribution is 0.211. The monoisotopic (exact) mass is 393 g/mol. The van der Waals surface area contributed by atoms with Crippen molar-refractivity contribution in [2.45, 2.75) is 19.0 Å². The van der Waals surface area contributed by atoms with Gasteiger partial charge in [-0.3, -0.25) is 9.58 Å². The van der Waals surface area contributed by atoms with Gasteiger partial charge in [-0.2, -0.15) is 5.10 Å². The quantitative estimate of drug-likeness (QED) is 0.564. The zero-order chi connectivity index (χ0) is 19.1. The fourth-order valence-corrected chi connectivity index (χ4v) is 4.11. The van der Waals surface area contributed by atoms with Gasteiger partial charge in [0.1, 0.15) is 11.5 Å². The molecule has 4 aromatic rings. The summed E-state index contributed by atoms with van der Waals surface area (Å²) in [5, 5.41) is 5.03. The molecular weight excluding hydrogens is 374 g/mol. The van der Waals surface area contributed by atoms with Crippen LogP contribution in [-0.4, -0.2) is 31.2 Å². The predicted molar refractivity (Wildman–Crippen MR) is 107 cm³/mol. The second kappa shape index (κ2) is 6.96. The van der Waals surface area contributed by atoms with Crippen LogP contribution in [0.1, 0.15) is 28.6 Å². The highest BCUT2D eigenvalue weighted by Gasteiger charge is 2.30. The van der Waals surface area contributed by atoms with Crippen molar-refractivity contribution in [1.29, 1.82) is 0 Å². The normalized spacial score (nSPS) is 17.0. The molecule has 7 heteroatoms. The summed E-state index contributed by atoms with van der Waals surface area (Å²) in [5.74, 6) is 1.91. The van der Waals surface area contributed by atoms with Crippen LogP contribution in [0.15, 0.2) is 59.5 Å². The molecule has 1 aliphatic heterocycles. The van der Waals surface area contributed by atoms with E-state index in [0.29, 0.717) is 5.02 Å². The Kier molecular flexibility index (Phi) is 4.30. The van der Waals surface area contributed by atoms with Crippen LogP contribution >= 0.6 is 11.6 Å². The van der Waals surface area contributed by atoms with Gasteiger partial charge in [0.15, 0.2) is 0 Å². The van der Waals surface area contributed by atoms with Gasteiger partial charge >= 0.3 is 0 Å². The van der Waals surface area contributed by atoms with Gasteiger partial charge < -0.3 is 9.40 Å². The molecule has 1 aliphatic rings. The van der Waals surface area contributed by atoms with Gasteiger partial charge in [-0.05, 0) is 24.3 Å². The van der Waals surface area contributed by atoms with E-state index in [2.05, 4.69) is 26.2 Å². The number of aromatic nitrogens is 4. The molecule has 0 aliphatic carbocycles. The van der Waals surface area contributed by atoms with Crippen LogP contribution in [0, 0.1) is 0 Å². The van der Waals surface area contributed by atoms with Crippen LogP contribution in [0.3, 0.4) is 0 Å². The molecule has 28 heavy (non-hydrogen) atoms. The van der Waals surface area contributed by atoms with E-state index in [1.165, 1.54) is 5.56 Å². The summed E-state index contributed by atoms with van der Waals surface area (Å²) in [5.41, 5.74) is 4.35. The number of benzene rings is 1. The minimum Gasteiger partial charge on any atom is -0.460 e. The lowest BCUT2D eigenvalue weighted by Gasteiger charge is -2.30. The Morgan fingerprint density at radius 1 is 1.25 bits per heavy atom. The molecule has 0 spiro atoms. The van der Waals surface area contributed by atoms with Crippen molar-refractivity contribution in [2.75, 3.05) is 6.54 Å². The summed E-state index contributed by atoms with van der Waals surface area (Å²) < 4.78 is 7.94. The number of H-pyrrole nitrogens is 1. The highest BCUT2D eigenvalue weighted by Crippen LogP contribution is 2.33. The summed E-state index contributed by atoms with van der Waals surface area (Å²) >= 11 is 6.30. The number of aromatic amines is 1. The number of furan rings is 1. The Labute approximate surface area is 167 Å². The SMILES string of the molecule is Cn1cc(C2CN(Cc3ccc(-c4ccccc4Cl)o3)Cc3[nH]cnc32)cn1. The van der Waals surface area contributed by atoms with E-state index >= 15 is 0 Å². The van der Waals surface area contributed by atoms with Crippen molar-refractivity contribution >= 4 is 11.6 Å². The van der Waals surface area contributed by atoms with Crippen molar-refractivity contribution in [3.63, 3.8) is 0 Å². The van der Waals surface area contributed by atoms with E-state index < -0.39 is 0 Å². The third-order valence-corrected chi connectivity index (χ3v) is 5.54. The first-order chi connectivity index (χ1) is 13.7. The fraction of sp³-hybridized carbons (Fsp3) is 0.238. The second-order valence-electron chi connectivity index (χ2n) is 7.18. The third kappa shape index (κ3) is 3.15. The molecule has 0 bridgehead atoms. The van der Waals surface area contributed by atoms with Crippen LogP contribution in [0.5, 0.6) is 0 Å². The first-order valence-electron chi connectivity index (χ1n) is 9.24. The summed E-state index contributed by atoms with van der Waals surface area (Å²) in [4.78, 5) is 10.2. The first-order valence-corrected chi connectivity index (χ1v) is 9.62. The van der Waals surface area contributed by atoms with Crippen LogP contribution in [-0.2, 0) is 20.1 Å². The largest absolute Gasteiger partial charge is 0.460 e. The number of hydrogen-bond donors (Lipinski definition) is 1. The highest BCUT2D eigenvalue weighted by atomic mass is 35.5. The number of imidazole rings is 1. The van der Waals surface area contributed by atoms with Gasteiger partial charge in [-0.1, -0.05) is 23.7 Å². The minimum absolute atomic E-state index is 0.196. The molecule has 1 unspecified atom stereocenters. The maximum absolute atomic E-state index is 6.30. The standard InChI is InChI=1S/C21H20ClN5O/c1-26-9-14(8-25-26)17-11-27(12-19-21(17)24-13-23-19)10-15-6-7-20(28-15)16-4-2-3-5-18(16)22/h2-9,13,17H,10-12H2,1H3,(H,23,24). The van der Waals surface area contributed by atoms with E-state index in [1.54, 1.807) is 6.33 Å². The summed E-state index contributed by atoms with van der Waals surface area (Å²) in [7, 11) is 1.94. The molecule has 1 N–H and O–H groups in total. The molecule has 5 rings (SSSR count). The number of fused-ring (bicyclic) bond motifs is 1. The van der Waals surface area contributed by atoms with E-state index in [4.69, 9.17) is 16.0 Å². The molecule has 1 atom stereocenters. The number of aryl methyl sites for hydroxylation is 1. The molecule has 0 saturated carbocycles. The molecular formula is C21H20ClN5O. The molecule has 0 fully saturated rings. The van der Waals surface area contributed by atoms with Crippen LogP contribution in [0.2, 0.25) is 5.02 Å². The van der Waals surface area contributed by atoms with Crippen LogP contribution in [0.4, 0.5) is 0 Å². The zero-order valence-corrected chi connectivity index (χ0v) is 16.2. The van der Waals surface area contributed by atoms with Gasteiger partial charge in [-0.25, -0.2) is 4.98 Å². The molecule has 1 aromatic carbocycles. The van der Waals surface area contributed by atoms with E-state index in [-0.39, 0.29) is 5.92 Å². The molecule has 142 valence electrons. The van der Waals surface area contributed by atoms with Gasteiger partial charge in [0, 0.05) is 43.4 Å². The second-order valence-corrected chi connectivity index (χ2v) is 7.59. The Hall–Kier alpha value is -2.83. The molecule has 3 aromatic heterocycles. The number of halogens is 1. The first kappa shape index (κ1) is 17.3. The molecule has 0 saturated heterocycles. The molecule has 4 heterocycles. The van der Waals surface area contributed by atoms with E-state index in [9.17, 15) is 0 Å². The lowest BCUT2D eigenvalue weighted by Crippen LogP contribution is -2.33. The van der Waals surface area contributed by atoms with Gasteiger partial charge in [0.2, 0.25) is 0 Å². The number of nitrogens with zero attached hydrogens (tertiary/aromatic N) is 4.